The minimum Gasteiger partial charge on any atom is -0.340 e. The third-order valence-corrected chi connectivity index (χ3v) is 4.37. The maximum atomic E-state index is 13.8. The van der Waals surface area contributed by atoms with E-state index in [0.29, 0.717) is 22.9 Å². The smallest absolute Gasteiger partial charge is 0.226 e. The van der Waals surface area contributed by atoms with Crippen LogP contribution in [-0.4, -0.2) is 21.8 Å². The lowest BCUT2D eigenvalue weighted by molar-refractivity contribution is 0.508. The van der Waals surface area contributed by atoms with Gasteiger partial charge in [-0.2, -0.15) is 0 Å². The van der Waals surface area contributed by atoms with E-state index in [2.05, 4.69) is 14.8 Å². The van der Waals surface area contributed by atoms with Crippen molar-refractivity contribution >= 4 is 18.2 Å². The molecule has 1 aromatic heterocycles. The summed E-state index contributed by atoms with van der Waals surface area (Å²) in [5, 5.41) is 7.21. The molecule has 1 saturated carbocycles. The van der Waals surface area contributed by atoms with E-state index in [4.69, 9.17) is 12.2 Å². The molecule has 112 valence electrons. The lowest BCUT2D eigenvalue weighted by Gasteiger charge is -2.22. The summed E-state index contributed by atoms with van der Waals surface area (Å²) in [6.45, 7) is 0.471. The number of rotatable bonds is 4. The lowest BCUT2D eigenvalue weighted by atomic mass is 10.2. The molecular weight excluding hydrogens is 287 g/mol. The molecule has 1 aromatic carbocycles. The number of aromatic nitrogens is 3. The first-order valence-electron chi connectivity index (χ1n) is 7.28. The van der Waals surface area contributed by atoms with Crippen molar-refractivity contribution < 1.29 is 4.39 Å². The van der Waals surface area contributed by atoms with E-state index in [1.165, 1.54) is 18.9 Å². The molecule has 21 heavy (non-hydrogen) atoms. The third-order valence-electron chi connectivity index (χ3n) is 4.08. The maximum absolute atomic E-state index is 13.8. The Balaban J connectivity index is 1.86. The van der Waals surface area contributed by atoms with Crippen LogP contribution in [-0.2, 0) is 6.54 Å². The number of nitrogens with one attached hydrogen (secondary N) is 1. The Bertz CT molecular complexity index is 672. The number of halogens is 1. The highest BCUT2D eigenvalue weighted by molar-refractivity contribution is 7.71. The third kappa shape index (κ3) is 2.85. The fourth-order valence-corrected chi connectivity index (χ4v) is 3.29. The molecule has 1 fully saturated rings. The van der Waals surface area contributed by atoms with Gasteiger partial charge in [0.2, 0.25) is 5.95 Å². The summed E-state index contributed by atoms with van der Waals surface area (Å²) in [7, 11) is 1.92. The van der Waals surface area contributed by atoms with Gasteiger partial charge < -0.3 is 4.90 Å². The molecule has 3 rings (SSSR count). The van der Waals surface area contributed by atoms with Gasteiger partial charge in [0.1, 0.15) is 5.82 Å². The number of hydrogen-bond donors (Lipinski definition) is 1. The number of anilines is 1. The van der Waals surface area contributed by atoms with Crippen molar-refractivity contribution in [1.29, 1.82) is 0 Å². The summed E-state index contributed by atoms with van der Waals surface area (Å²) >= 11 is 5.36. The average molecular weight is 306 g/mol. The molecule has 1 aliphatic rings. The fourth-order valence-electron chi connectivity index (χ4n) is 3.01. The Labute approximate surface area is 128 Å². The van der Waals surface area contributed by atoms with E-state index in [0.717, 1.165) is 18.8 Å². The van der Waals surface area contributed by atoms with E-state index >= 15 is 0 Å². The minimum absolute atomic E-state index is 0.189. The second-order valence-electron chi connectivity index (χ2n) is 5.58. The van der Waals surface area contributed by atoms with Crippen molar-refractivity contribution in [2.24, 2.45) is 0 Å². The predicted molar refractivity (Wildman–Crippen MR) is 83.4 cm³/mol. The molecule has 0 radical (unpaired) electrons. The summed E-state index contributed by atoms with van der Waals surface area (Å²) in [4.78, 5) is 1.95. The van der Waals surface area contributed by atoms with Gasteiger partial charge in [0.05, 0.1) is 0 Å². The van der Waals surface area contributed by atoms with Gasteiger partial charge in [-0.1, -0.05) is 31.0 Å². The van der Waals surface area contributed by atoms with Gasteiger partial charge in [-0.3, -0.25) is 4.57 Å². The molecule has 1 N–H and O–H groups in total. The second kappa shape index (κ2) is 5.97. The number of nitrogens with zero attached hydrogens (tertiary/aromatic N) is 3. The maximum Gasteiger partial charge on any atom is 0.226 e. The number of benzene rings is 1. The summed E-state index contributed by atoms with van der Waals surface area (Å²) < 4.78 is 16.5. The van der Waals surface area contributed by atoms with Crippen LogP contribution in [0.1, 0.15) is 37.3 Å². The van der Waals surface area contributed by atoms with Crippen molar-refractivity contribution in [3.8, 4) is 0 Å². The quantitative estimate of drug-likeness (QED) is 0.872. The normalized spacial score (nSPS) is 15.5. The number of aromatic amines is 1. The first-order valence-corrected chi connectivity index (χ1v) is 7.69. The second-order valence-corrected chi connectivity index (χ2v) is 5.97. The Kier molecular flexibility index (Phi) is 4.05. The van der Waals surface area contributed by atoms with E-state index < -0.39 is 0 Å². The summed E-state index contributed by atoms with van der Waals surface area (Å²) in [6, 6.07) is 7.24. The predicted octanol–water partition coefficient (Wildman–Crippen LogP) is 3.83. The molecule has 0 bridgehead atoms. The molecule has 0 amide bonds. The molecule has 0 saturated heterocycles. The zero-order chi connectivity index (χ0) is 14.8. The molecule has 4 nitrogen and oxygen atoms in total. The van der Waals surface area contributed by atoms with Crippen LogP contribution in [0.4, 0.5) is 10.3 Å². The summed E-state index contributed by atoms with van der Waals surface area (Å²) in [5.41, 5.74) is 0.659. The highest BCUT2D eigenvalue weighted by Crippen LogP contribution is 2.32. The van der Waals surface area contributed by atoms with Crippen LogP contribution < -0.4 is 4.90 Å². The molecule has 6 heteroatoms. The van der Waals surface area contributed by atoms with Crippen LogP contribution in [0.25, 0.3) is 0 Å². The largest absolute Gasteiger partial charge is 0.340 e. The molecule has 0 aliphatic heterocycles. The number of H-pyrrole nitrogens is 1. The molecular formula is C15H19FN4S. The Morgan fingerprint density at radius 3 is 2.81 bits per heavy atom. The van der Waals surface area contributed by atoms with Crippen LogP contribution >= 0.6 is 12.2 Å². The highest BCUT2D eigenvalue weighted by Gasteiger charge is 2.23. The summed E-state index contributed by atoms with van der Waals surface area (Å²) in [6.07, 6.45) is 4.73. The van der Waals surface area contributed by atoms with Gasteiger partial charge in [-0.15, -0.1) is 5.10 Å². The average Bonchev–Trinajstić information content (AvgIpc) is 3.10. The van der Waals surface area contributed by atoms with Crippen LogP contribution in [0.2, 0.25) is 0 Å². The van der Waals surface area contributed by atoms with Gasteiger partial charge >= 0.3 is 0 Å². The van der Waals surface area contributed by atoms with E-state index in [9.17, 15) is 4.39 Å². The van der Waals surface area contributed by atoms with Crippen molar-refractivity contribution in [1.82, 2.24) is 14.8 Å². The monoisotopic (exact) mass is 306 g/mol. The topological polar surface area (TPSA) is 36.9 Å². The van der Waals surface area contributed by atoms with Crippen molar-refractivity contribution in [2.45, 2.75) is 38.3 Å². The Morgan fingerprint density at radius 1 is 1.38 bits per heavy atom. The SMILES string of the molecule is CN(Cc1ccccc1F)c1n[nH]c(=S)n1C1CCCC1. The Hall–Kier alpha value is -1.69. The first-order chi connectivity index (χ1) is 10.2. The standard InChI is InChI=1S/C15H19FN4S/c1-19(10-11-6-2-5-9-13(11)16)14-17-18-15(21)20(14)12-7-3-4-8-12/h2,5-6,9,12H,3-4,7-8,10H2,1H3,(H,18,21). The van der Waals surface area contributed by atoms with E-state index in [1.807, 2.05) is 18.0 Å². The van der Waals surface area contributed by atoms with Crippen molar-refractivity contribution in [2.75, 3.05) is 11.9 Å². The van der Waals surface area contributed by atoms with Gasteiger partial charge in [-0.05, 0) is 31.1 Å². The van der Waals surface area contributed by atoms with Gasteiger partial charge in [0.25, 0.3) is 0 Å². The minimum atomic E-state index is -0.189. The van der Waals surface area contributed by atoms with Crippen LogP contribution in [0.15, 0.2) is 24.3 Å². The lowest BCUT2D eigenvalue weighted by Crippen LogP contribution is -2.23. The zero-order valence-electron chi connectivity index (χ0n) is 12.1. The van der Waals surface area contributed by atoms with Crippen LogP contribution in [0.5, 0.6) is 0 Å². The van der Waals surface area contributed by atoms with Crippen LogP contribution in [0.3, 0.4) is 0 Å². The van der Waals surface area contributed by atoms with Crippen molar-refractivity contribution in [3.63, 3.8) is 0 Å². The first kappa shape index (κ1) is 14.3. The fraction of sp³-hybridized carbons (Fsp3) is 0.467. The molecule has 0 unspecified atom stereocenters. The Morgan fingerprint density at radius 2 is 2.10 bits per heavy atom. The van der Waals surface area contributed by atoms with Gasteiger partial charge in [0, 0.05) is 25.2 Å². The molecule has 1 aliphatic carbocycles. The zero-order valence-corrected chi connectivity index (χ0v) is 12.9. The number of hydrogen-bond acceptors (Lipinski definition) is 3. The highest BCUT2D eigenvalue weighted by atomic mass is 32.1. The van der Waals surface area contributed by atoms with Crippen LogP contribution in [0, 0.1) is 10.6 Å². The molecule has 0 atom stereocenters. The summed E-state index contributed by atoms with van der Waals surface area (Å²) in [5.74, 6) is 0.598. The van der Waals surface area contributed by atoms with Gasteiger partial charge in [0.15, 0.2) is 4.77 Å². The molecule has 0 spiro atoms. The van der Waals surface area contributed by atoms with Gasteiger partial charge in [-0.25, -0.2) is 9.49 Å². The van der Waals surface area contributed by atoms with E-state index in [1.54, 1.807) is 12.1 Å². The van der Waals surface area contributed by atoms with Crippen molar-refractivity contribution in [3.05, 3.63) is 40.4 Å². The van der Waals surface area contributed by atoms with E-state index in [-0.39, 0.29) is 5.82 Å². The molecule has 2 aromatic rings. The molecule has 1 heterocycles.